The van der Waals surface area contributed by atoms with Gasteiger partial charge in [-0.15, -0.1) is 0 Å². The van der Waals surface area contributed by atoms with Crippen molar-refractivity contribution in [2.45, 2.75) is 18.9 Å². The quantitative estimate of drug-likeness (QED) is 0.718. The number of amides is 2. The Balaban J connectivity index is 1.27. The highest BCUT2D eigenvalue weighted by molar-refractivity contribution is 6.06. The predicted octanol–water partition coefficient (Wildman–Crippen LogP) is 2.97. The standard InChI is InChI=1S/C22H23N3O3/c26-21(15-28-17-6-2-1-3-7-17)24-16-10-12-25(13-11-16)22(27)19-14-23-20-9-5-4-8-18(19)20/h1-9,14,16,23H,10-13,15H2,(H,24,26). The van der Waals surface area contributed by atoms with Gasteiger partial charge in [-0.3, -0.25) is 9.59 Å². The first-order valence-corrected chi connectivity index (χ1v) is 9.53. The zero-order valence-electron chi connectivity index (χ0n) is 15.6. The second kappa shape index (κ2) is 8.17. The summed E-state index contributed by atoms with van der Waals surface area (Å²) in [5.74, 6) is 0.580. The molecule has 0 spiro atoms. The number of rotatable bonds is 5. The number of piperidine rings is 1. The van der Waals surface area contributed by atoms with Gasteiger partial charge in [-0.05, 0) is 31.0 Å². The summed E-state index contributed by atoms with van der Waals surface area (Å²) in [6.45, 7) is 1.25. The average Bonchev–Trinajstić information content (AvgIpc) is 3.17. The molecule has 1 saturated heterocycles. The van der Waals surface area contributed by atoms with Gasteiger partial charge in [0.25, 0.3) is 11.8 Å². The van der Waals surface area contributed by atoms with Crippen LogP contribution in [-0.2, 0) is 4.79 Å². The smallest absolute Gasteiger partial charge is 0.258 e. The van der Waals surface area contributed by atoms with Crippen molar-refractivity contribution in [3.8, 4) is 5.75 Å². The van der Waals surface area contributed by atoms with Gasteiger partial charge in [0.1, 0.15) is 5.75 Å². The summed E-state index contributed by atoms with van der Waals surface area (Å²) < 4.78 is 5.48. The molecule has 144 valence electrons. The number of likely N-dealkylation sites (tertiary alicyclic amines) is 1. The molecule has 0 radical (unpaired) electrons. The molecule has 0 bridgehead atoms. The molecule has 2 amide bonds. The van der Waals surface area contributed by atoms with E-state index in [-0.39, 0.29) is 24.5 Å². The van der Waals surface area contributed by atoms with Crippen LogP contribution >= 0.6 is 0 Å². The molecule has 28 heavy (non-hydrogen) atoms. The lowest BCUT2D eigenvalue weighted by molar-refractivity contribution is -0.124. The number of hydrogen-bond acceptors (Lipinski definition) is 3. The van der Waals surface area contributed by atoms with Crippen molar-refractivity contribution in [1.82, 2.24) is 15.2 Å². The van der Waals surface area contributed by atoms with Crippen molar-refractivity contribution in [2.75, 3.05) is 19.7 Å². The number of H-pyrrole nitrogens is 1. The van der Waals surface area contributed by atoms with Crippen molar-refractivity contribution in [1.29, 1.82) is 0 Å². The largest absolute Gasteiger partial charge is 0.484 e. The van der Waals surface area contributed by atoms with Crippen molar-refractivity contribution in [3.63, 3.8) is 0 Å². The molecule has 1 aromatic heterocycles. The molecule has 0 saturated carbocycles. The first-order valence-electron chi connectivity index (χ1n) is 9.53. The summed E-state index contributed by atoms with van der Waals surface area (Å²) >= 11 is 0. The van der Waals surface area contributed by atoms with E-state index >= 15 is 0 Å². The van der Waals surface area contributed by atoms with E-state index in [1.807, 2.05) is 59.5 Å². The van der Waals surface area contributed by atoms with Crippen LogP contribution in [0.5, 0.6) is 5.75 Å². The molecule has 0 unspecified atom stereocenters. The van der Waals surface area contributed by atoms with E-state index in [9.17, 15) is 9.59 Å². The Kier molecular flexibility index (Phi) is 5.28. The van der Waals surface area contributed by atoms with Gasteiger partial charge < -0.3 is 19.9 Å². The van der Waals surface area contributed by atoms with Crippen LogP contribution in [0.4, 0.5) is 0 Å². The van der Waals surface area contributed by atoms with Crippen LogP contribution in [0, 0.1) is 0 Å². The van der Waals surface area contributed by atoms with Crippen molar-refractivity contribution < 1.29 is 14.3 Å². The third kappa shape index (κ3) is 4.01. The Hall–Kier alpha value is -3.28. The summed E-state index contributed by atoms with van der Waals surface area (Å²) in [6.07, 6.45) is 3.26. The molecule has 1 aliphatic rings. The van der Waals surface area contributed by atoms with Crippen LogP contribution in [0.25, 0.3) is 10.9 Å². The highest BCUT2D eigenvalue weighted by Gasteiger charge is 2.26. The molecule has 2 N–H and O–H groups in total. The maximum atomic E-state index is 12.9. The van der Waals surface area contributed by atoms with Gasteiger partial charge in [-0.1, -0.05) is 36.4 Å². The number of carbonyl (C=O) groups is 2. The van der Waals surface area contributed by atoms with E-state index in [4.69, 9.17) is 4.74 Å². The number of nitrogens with one attached hydrogen (secondary N) is 2. The molecule has 2 aromatic carbocycles. The lowest BCUT2D eigenvalue weighted by Gasteiger charge is -2.32. The summed E-state index contributed by atoms with van der Waals surface area (Å²) in [7, 11) is 0. The van der Waals surface area contributed by atoms with E-state index in [0.717, 1.165) is 23.7 Å². The third-order valence-corrected chi connectivity index (χ3v) is 5.08. The van der Waals surface area contributed by atoms with Crippen molar-refractivity contribution in [3.05, 3.63) is 66.4 Å². The zero-order chi connectivity index (χ0) is 19.3. The molecule has 1 aliphatic heterocycles. The number of carbonyl (C=O) groups excluding carboxylic acids is 2. The lowest BCUT2D eigenvalue weighted by Crippen LogP contribution is -2.47. The van der Waals surface area contributed by atoms with Crippen LogP contribution < -0.4 is 10.1 Å². The minimum Gasteiger partial charge on any atom is -0.484 e. The topological polar surface area (TPSA) is 74.4 Å². The molecule has 1 fully saturated rings. The van der Waals surface area contributed by atoms with E-state index in [2.05, 4.69) is 10.3 Å². The first kappa shape index (κ1) is 18.1. The molecule has 6 heteroatoms. The molecule has 0 aliphatic carbocycles. The Labute approximate surface area is 163 Å². The number of aromatic nitrogens is 1. The van der Waals surface area contributed by atoms with E-state index in [1.54, 1.807) is 6.20 Å². The van der Waals surface area contributed by atoms with Gasteiger partial charge in [0, 0.05) is 36.2 Å². The fourth-order valence-corrected chi connectivity index (χ4v) is 3.58. The van der Waals surface area contributed by atoms with Gasteiger partial charge >= 0.3 is 0 Å². The Morgan fingerprint density at radius 3 is 2.54 bits per heavy atom. The maximum absolute atomic E-state index is 12.9. The summed E-state index contributed by atoms with van der Waals surface area (Å²) in [5.41, 5.74) is 1.67. The minimum atomic E-state index is -0.134. The number of hydrogen-bond donors (Lipinski definition) is 2. The van der Waals surface area contributed by atoms with Crippen LogP contribution in [-0.4, -0.2) is 47.4 Å². The van der Waals surface area contributed by atoms with Crippen molar-refractivity contribution >= 4 is 22.7 Å². The summed E-state index contributed by atoms with van der Waals surface area (Å²) in [4.78, 5) is 30.0. The second-order valence-corrected chi connectivity index (χ2v) is 6.98. The lowest BCUT2D eigenvalue weighted by atomic mass is 10.0. The average molecular weight is 377 g/mol. The fraction of sp³-hybridized carbons (Fsp3) is 0.273. The minimum absolute atomic E-state index is 0.00149. The van der Waals surface area contributed by atoms with Gasteiger partial charge in [0.05, 0.1) is 5.56 Å². The SMILES string of the molecule is O=C(COc1ccccc1)NC1CCN(C(=O)c2c[nH]c3ccccc23)CC1. The number of aromatic amines is 1. The van der Waals surface area contributed by atoms with Crippen LogP contribution in [0.1, 0.15) is 23.2 Å². The third-order valence-electron chi connectivity index (χ3n) is 5.08. The fourth-order valence-electron chi connectivity index (χ4n) is 3.58. The van der Waals surface area contributed by atoms with E-state index in [0.29, 0.717) is 24.4 Å². The normalized spacial score (nSPS) is 14.8. The zero-order valence-corrected chi connectivity index (χ0v) is 15.6. The number of ether oxygens (including phenoxy) is 1. The Morgan fingerprint density at radius 1 is 1.04 bits per heavy atom. The number of fused-ring (bicyclic) bond motifs is 1. The van der Waals surface area contributed by atoms with Gasteiger partial charge in [0.15, 0.2) is 6.61 Å². The summed E-state index contributed by atoms with van der Waals surface area (Å²) in [6, 6.07) is 17.2. The first-order chi connectivity index (χ1) is 13.7. The maximum Gasteiger partial charge on any atom is 0.258 e. The molecule has 6 nitrogen and oxygen atoms in total. The van der Waals surface area contributed by atoms with E-state index in [1.165, 1.54) is 0 Å². The molecule has 0 atom stereocenters. The molecule has 3 aromatic rings. The van der Waals surface area contributed by atoms with Gasteiger partial charge in [-0.25, -0.2) is 0 Å². The number of para-hydroxylation sites is 2. The molecular weight excluding hydrogens is 354 g/mol. The Morgan fingerprint density at radius 2 is 1.75 bits per heavy atom. The summed E-state index contributed by atoms with van der Waals surface area (Å²) in [5, 5.41) is 3.95. The highest BCUT2D eigenvalue weighted by atomic mass is 16.5. The highest BCUT2D eigenvalue weighted by Crippen LogP contribution is 2.21. The van der Waals surface area contributed by atoms with Gasteiger partial charge in [0.2, 0.25) is 0 Å². The van der Waals surface area contributed by atoms with Crippen molar-refractivity contribution in [2.24, 2.45) is 0 Å². The van der Waals surface area contributed by atoms with Gasteiger partial charge in [-0.2, -0.15) is 0 Å². The number of nitrogens with zero attached hydrogens (tertiary/aromatic N) is 1. The van der Waals surface area contributed by atoms with Crippen LogP contribution in [0.3, 0.4) is 0 Å². The molecule has 4 rings (SSSR count). The monoisotopic (exact) mass is 377 g/mol. The van der Waals surface area contributed by atoms with E-state index < -0.39 is 0 Å². The molecular formula is C22H23N3O3. The molecule has 2 heterocycles. The predicted molar refractivity (Wildman–Crippen MR) is 107 cm³/mol. The van der Waals surface area contributed by atoms with Crippen LogP contribution in [0.2, 0.25) is 0 Å². The Bertz CT molecular complexity index is 959. The number of benzene rings is 2. The van der Waals surface area contributed by atoms with Crippen LogP contribution in [0.15, 0.2) is 60.8 Å². The second-order valence-electron chi connectivity index (χ2n) is 6.98.